The van der Waals surface area contributed by atoms with Crippen LogP contribution >= 0.6 is 11.8 Å². The Morgan fingerprint density at radius 2 is 2.27 bits per heavy atom. The number of esters is 1. The number of aldehydes is 1. The summed E-state index contributed by atoms with van der Waals surface area (Å²) < 4.78 is 4.68. The van der Waals surface area contributed by atoms with Gasteiger partial charge < -0.3 is 21.0 Å². The van der Waals surface area contributed by atoms with Crippen molar-refractivity contribution in [1.29, 1.82) is 0 Å². The zero-order chi connectivity index (χ0) is 11.7. The van der Waals surface area contributed by atoms with Gasteiger partial charge in [0.1, 0.15) is 6.29 Å². The summed E-state index contributed by atoms with van der Waals surface area (Å²) in [6.07, 6.45) is 1.92. The van der Waals surface area contributed by atoms with E-state index in [0.29, 0.717) is 30.1 Å². The fraction of sp³-hybridized carbons (Fsp3) is 0.556. The van der Waals surface area contributed by atoms with E-state index in [4.69, 9.17) is 11.5 Å². The normalized spacial score (nSPS) is 13.3. The van der Waals surface area contributed by atoms with Gasteiger partial charge in [-0.25, -0.2) is 4.79 Å². The largest absolute Gasteiger partial charge is 0.463 e. The first kappa shape index (κ1) is 14.0. The minimum absolute atomic E-state index is 0.325. The van der Waals surface area contributed by atoms with Gasteiger partial charge in [-0.3, -0.25) is 0 Å². The highest BCUT2D eigenvalue weighted by atomic mass is 32.2. The lowest BCUT2D eigenvalue weighted by atomic mass is 10.4. The third-order valence-corrected chi connectivity index (χ3v) is 2.50. The number of nitrogens with two attached hydrogens (primary N) is 2. The minimum atomic E-state index is -0.481. The summed E-state index contributed by atoms with van der Waals surface area (Å²) in [5.41, 5.74) is 11.3. The molecule has 1 atom stereocenters. The van der Waals surface area contributed by atoms with Gasteiger partial charge >= 0.3 is 5.97 Å². The number of ether oxygens (including phenoxy) is 1. The van der Waals surface area contributed by atoms with Gasteiger partial charge in [0, 0.05) is 23.3 Å². The van der Waals surface area contributed by atoms with Gasteiger partial charge in [-0.1, -0.05) is 0 Å². The molecule has 0 amide bonds. The molecule has 0 bridgehead atoms. The van der Waals surface area contributed by atoms with E-state index >= 15 is 0 Å². The molecule has 0 aromatic heterocycles. The summed E-state index contributed by atoms with van der Waals surface area (Å²) in [5, 5.41) is 0. The first-order valence-corrected chi connectivity index (χ1v) is 5.67. The highest BCUT2D eigenvalue weighted by molar-refractivity contribution is 7.99. The van der Waals surface area contributed by atoms with Crippen molar-refractivity contribution in [2.75, 3.05) is 18.1 Å². The first-order valence-electron chi connectivity index (χ1n) is 4.51. The van der Waals surface area contributed by atoms with Crippen molar-refractivity contribution in [2.45, 2.75) is 13.0 Å². The summed E-state index contributed by atoms with van der Waals surface area (Å²) in [6, 6.07) is -0.481. The molecule has 0 saturated heterocycles. The molecule has 0 radical (unpaired) electrons. The standard InChI is InChI=1S/C9H16N2O3S/c1-2-14-9(13)3-7(10)5-15-6-8(11)4-12/h3-4,8H,2,5-6,10-11H2,1H3/b7-3-. The van der Waals surface area contributed by atoms with E-state index in [-0.39, 0.29) is 0 Å². The fourth-order valence-corrected chi connectivity index (χ4v) is 1.52. The molecular formula is C9H16N2O3S. The Hall–Kier alpha value is -1.01. The van der Waals surface area contributed by atoms with Crippen LogP contribution in [0.25, 0.3) is 0 Å². The van der Waals surface area contributed by atoms with E-state index in [0.717, 1.165) is 0 Å². The van der Waals surface area contributed by atoms with Crippen molar-refractivity contribution in [3.05, 3.63) is 11.8 Å². The second kappa shape index (κ2) is 8.31. The highest BCUT2D eigenvalue weighted by Crippen LogP contribution is 2.04. The molecule has 0 aliphatic carbocycles. The highest BCUT2D eigenvalue weighted by Gasteiger charge is 2.02. The zero-order valence-corrected chi connectivity index (χ0v) is 9.46. The van der Waals surface area contributed by atoms with Gasteiger partial charge in [0.2, 0.25) is 0 Å². The van der Waals surface area contributed by atoms with Crippen molar-refractivity contribution in [2.24, 2.45) is 11.5 Å². The van der Waals surface area contributed by atoms with Crippen LogP contribution in [-0.2, 0) is 14.3 Å². The Morgan fingerprint density at radius 1 is 1.60 bits per heavy atom. The smallest absolute Gasteiger partial charge is 0.332 e. The number of carbonyl (C=O) groups excluding carboxylic acids is 2. The molecule has 0 heterocycles. The molecule has 0 rings (SSSR count). The molecule has 15 heavy (non-hydrogen) atoms. The number of rotatable bonds is 7. The monoisotopic (exact) mass is 232 g/mol. The Labute approximate surface area is 93.2 Å². The van der Waals surface area contributed by atoms with Crippen LogP contribution < -0.4 is 11.5 Å². The van der Waals surface area contributed by atoms with Crippen LogP contribution in [0.5, 0.6) is 0 Å². The van der Waals surface area contributed by atoms with E-state index in [2.05, 4.69) is 4.74 Å². The molecule has 0 aromatic carbocycles. The average molecular weight is 232 g/mol. The third kappa shape index (κ3) is 8.02. The maximum Gasteiger partial charge on any atom is 0.332 e. The topological polar surface area (TPSA) is 95.4 Å². The maximum atomic E-state index is 10.9. The Morgan fingerprint density at radius 3 is 2.80 bits per heavy atom. The van der Waals surface area contributed by atoms with E-state index in [1.165, 1.54) is 17.8 Å². The summed E-state index contributed by atoms with van der Waals surface area (Å²) in [5.74, 6) is 0.497. The van der Waals surface area contributed by atoms with Crippen LogP contribution in [0.2, 0.25) is 0 Å². The van der Waals surface area contributed by atoms with Gasteiger partial charge in [0.15, 0.2) is 0 Å². The second-order valence-electron chi connectivity index (χ2n) is 2.79. The van der Waals surface area contributed by atoms with E-state index in [1.807, 2.05) is 0 Å². The van der Waals surface area contributed by atoms with Crippen LogP contribution in [0.1, 0.15) is 6.92 Å². The third-order valence-electron chi connectivity index (χ3n) is 1.34. The molecule has 1 unspecified atom stereocenters. The maximum absolute atomic E-state index is 10.9. The van der Waals surface area contributed by atoms with Crippen LogP contribution in [-0.4, -0.2) is 36.4 Å². The summed E-state index contributed by atoms with van der Waals surface area (Å²) in [4.78, 5) is 21.1. The summed E-state index contributed by atoms with van der Waals surface area (Å²) in [7, 11) is 0. The molecule has 0 saturated carbocycles. The number of carbonyl (C=O) groups is 2. The second-order valence-corrected chi connectivity index (χ2v) is 3.82. The van der Waals surface area contributed by atoms with Crippen LogP contribution in [0, 0.1) is 0 Å². The lowest BCUT2D eigenvalue weighted by molar-refractivity contribution is -0.137. The molecule has 86 valence electrons. The molecule has 0 aromatic rings. The SMILES string of the molecule is CCOC(=O)/C=C(\N)CSCC(N)C=O. The molecule has 0 aliphatic rings. The van der Waals surface area contributed by atoms with Crippen molar-refractivity contribution in [1.82, 2.24) is 0 Å². The van der Waals surface area contributed by atoms with E-state index < -0.39 is 12.0 Å². The lowest BCUT2D eigenvalue weighted by Crippen LogP contribution is -2.24. The van der Waals surface area contributed by atoms with Crippen LogP contribution in [0.4, 0.5) is 0 Å². The minimum Gasteiger partial charge on any atom is -0.463 e. The zero-order valence-electron chi connectivity index (χ0n) is 8.64. The molecule has 0 spiro atoms. The van der Waals surface area contributed by atoms with Gasteiger partial charge in [0.25, 0.3) is 0 Å². The van der Waals surface area contributed by atoms with Crippen molar-refractivity contribution in [3.63, 3.8) is 0 Å². The Balaban J connectivity index is 3.77. The van der Waals surface area contributed by atoms with Gasteiger partial charge in [-0.05, 0) is 6.92 Å². The van der Waals surface area contributed by atoms with Crippen LogP contribution in [0.3, 0.4) is 0 Å². The van der Waals surface area contributed by atoms with Gasteiger partial charge in [-0.15, -0.1) is 0 Å². The fourth-order valence-electron chi connectivity index (χ4n) is 0.729. The van der Waals surface area contributed by atoms with Crippen molar-refractivity contribution >= 4 is 24.0 Å². The average Bonchev–Trinajstić information content (AvgIpc) is 2.17. The lowest BCUT2D eigenvalue weighted by Gasteiger charge is -2.04. The van der Waals surface area contributed by atoms with E-state index in [9.17, 15) is 9.59 Å². The summed E-state index contributed by atoms with van der Waals surface area (Å²) >= 11 is 1.40. The summed E-state index contributed by atoms with van der Waals surface area (Å²) in [6.45, 7) is 2.05. The quantitative estimate of drug-likeness (QED) is 0.354. The van der Waals surface area contributed by atoms with Crippen molar-refractivity contribution in [3.8, 4) is 0 Å². The number of hydrogen-bond acceptors (Lipinski definition) is 6. The molecule has 0 aliphatic heterocycles. The molecule has 0 fully saturated rings. The van der Waals surface area contributed by atoms with Gasteiger partial charge in [0.05, 0.1) is 12.6 Å². The molecule has 6 heteroatoms. The number of thioether (sulfide) groups is 1. The Bertz CT molecular complexity index is 244. The molecule has 4 N–H and O–H groups in total. The predicted octanol–water partition coefficient (Wildman–Crippen LogP) is -0.348. The number of hydrogen-bond donors (Lipinski definition) is 2. The van der Waals surface area contributed by atoms with Crippen molar-refractivity contribution < 1.29 is 14.3 Å². The molecular weight excluding hydrogens is 216 g/mol. The van der Waals surface area contributed by atoms with E-state index in [1.54, 1.807) is 6.92 Å². The van der Waals surface area contributed by atoms with Crippen LogP contribution in [0.15, 0.2) is 11.8 Å². The Kier molecular flexibility index (Phi) is 7.75. The van der Waals surface area contributed by atoms with Gasteiger partial charge in [-0.2, -0.15) is 11.8 Å². The molecule has 5 nitrogen and oxygen atoms in total. The predicted molar refractivity (Wildman–Crippen MR) is 60.3 cm³/mol. The first-order chi connectivity index (χ1) is 7.10.